The summed E-state index contributed by atoms with van der Waals surface area (Å²) >= 11 is 1.63. The summed E-state index contributed by atoms with van der Waals surface area (Å²) in [4.78, 5) is 5.90. The van der Waals surface area contributed by atoms with Crippen LogP contribution in [0.5, 0.6) is 0 Å². The van der Waals surface area contributed by atoms with E-state index in [0.717, 1.165) is 27.0 Å². The molecular formula is C22H17N3O2S2. The number of hydrogen-bond acceptors (Lipinski definition) is 4. The van der Waals surface area contributed by atoms with Crippen molar-refractivity contribution in [3.8, 4) is 21.6 Å². The number of aryl methyl sites for hydroxylation is 1. The number of rotatable bonds is 4. The molecule has 0 aliphatic carbocycles. The molecule has 1 aromatic carbocycles. The number of nitrogens with zero attached hydrogens (tertiary/aromatic N) is 3. The molecule has 0 spiro atoms. The van der Waals surface area contributed by atoms with Gasteiger partial charge < -0.3 is 4.57 Å². The summed E-state index contributed by atoms with van der Waals surface area (Å²) in [6, 6.07) is 16.5. The van der Waals surface area contributed by atoms with Gasteiger partial charge in [0.2, 0.25) is 0 Å². The molecule has 0 bridgehead atoms. The third kappa shape index (κ3) is 2.99. The van der Waals surface area contributed by atoms with Crippen molar-refractivity contribution in [3.63, 3.8) is 0 Å². The van der Waals surface area contributed by atoms with Crippen LogP contribution in [0.4, 0.5) is 0 Å². The lowest BCUT2D eigenvalue weighted by Crippen LogP contribution is -2.12. The fourth-order valence-electron chi connectivity index (χ4n) is 3.44. The van der Waals surface area contributed by atoms with Gasteiger partial charge in [-0.05, 0) is 35.7 Å². The van der Waals surface area contributed by atoms with Crippen molar-refractivity contribution in [2.75, 3.05) is 0 Å². The second-order valence-corrected chi connectivity index (χ2v) is 9.56. The Kier molecular flexibility index (Phi) is 4.15. The van der Waals surface area contributed by atoms with Gasteiger partial charge in [0.25, 0.3) is 10.0 Å². The SMILES string of the molecule is Cn1ccc(-c2cn(S(=O)(=O)c3ccccc3)c3ncc(-c4cccs4)cc23)c1. The van der Waals surface area contributed by atoms with E-state index in [9.17, 15) is 8.42 Å². The van der Waals surface area contributed by atoms with Crippen LogP contribution in [0.3, 0.4) is 0 Å². The Morgan fingerprint density at radius 2 is 1.79 bits per heavy atom. The lowest BCUT2D eigenvalue weighted by atomic mass is 10.1. The lowest BCUT2D eigenvalue weighted by molar-refractivity contribution is 0.589. The molecule has 5 nitrogen and oxygen atoms in total. The maximum absolute atomic E-state index is 13.3. The van der Waals surface area contributed by atoms with Crippen LogP contribution in [0.2, 0.25) is 0 Å². The smallest absolute Gasteiger partial charge is 0.269 e. The molecule has 0 fully saturated rings. The minimum atomic E-state index is -3.76. The zero-order valence-electron chi connectivity index (χ0n) is 15.6. The van der Waals surface area contributed by atoms with Crippen molar-refractivity contribution in [3.05, 3.63) is 84.8 Å². The second-order valence-electron chi connectivity index (χ2n) is 6.79. The van der Waals surface area contributed by atoms with Gasteiger partial charge in [0.15, 0.2) is 5.65 Å². The minimum absolute atomic E-state index is 0.237. The number of fused-ring (bicyclic) bond motifs is 1. The largest absolute Gasteiger partial charge is 0.357 e. The molecule has 5 aromatic rings. The van der Waals surface area contributed by atoms with Gasteiger partial charge in [-0.2, -0.15) is 0 Å². The molecule has 0 aliphatic heterocycles. The van der Waals surface area contributed by atoms with Gasteiger partial charge >= 0.3 is 0 Å². The van der Waals surface area contributed by atoms with Gasteiger partial charge in [0.1, 0.15) is 0 Å². The van der Waals surface area contributed by atoms with Crippen LogP contribution >= 0.6 is 11.3 Å². The fraction of sp³-hybridized carbons (Fsp3) is 0.0455. The van der Waals surface area contributed by atoms with Crippen LogP contribution in [0.1, 0.15) is 0 Å². The molecule has 0 atom stereocenters. The van der Waals surface area contributed by atoms with Crippen molar-refractivity contribution in [2.24, 2.45) is 7.05 Å². The van der Waals surface area contributed by atoms with E-state index in [2.05, 4.69) is 4.98 Å². The van der Waals surface area contributed by atoms with Crippen LogP contribution in [-0.4, -0.2) is 21.9 Å². The monoisotopic (exact) mass is 419 g/mol. The summed E-state index contributed by atoms with van der Waals surface area (Å²) in [6.45, 7) is 0. The number of pyridine rings is 1. The highest BCUT2D eigenvalue weighted by atomic mass is 32.2. The first-order chi connectivity index (χ1) is 14.0. The average molecular weight is 420 g/mol. The molecule has 0 radical (unpaired) electrons. The van der Waals surface area contributed by atoms with E-state index in [1.165, 1.54) is 3.97 Å². The molecule has 144 valence electrons. The van der Waals surface area contributed by atoms with Crippen molar-refractivity contribution in [2.45, 2.75) is 4.90 Å². The third-order valence-corrected chi connectivity index (χ3v) is 7.44. The maximum Gasteiger partial charge on any atom is 0.269 e. The Hall–Kier alpha value is -3.16. The molecule has 0 saturated carbocycles. The van der Waals surface area contributed by atoms with E-state index < -0.39 is 10.0 Å². The van der Waals surface area contributed by atoms with Crippen LogP contribution < -0.4 is 0 Å². The molecule has 7 heteroatoms. The Balaban J connectivity index is 1.80. The molecular weight excluding hydrogens is 402 g/mol. The molecule has 4 aromatic heterocycles. The summed E-state index contributed by atoms with van der Waals surface area (Å²) in [5.74, 6) is 0. The second kappa shape index (κ2) is 6.72. The maximum atomic E-state index is 13.3. The summed E-state index contributed by atoms with van der Waals surface area (Å²) in [5, 5.41) is 2.82. The summed E-state index contributed by atoms with van der Waals surface area (Å²) < 4.78 is 29.9. The van der Waals surface area contributed by atoms with E-state index in [1.807, 2.05) is 53.7 Å². The zero-order valence-corrected chi connectivity index (χ0v) is 17.2. The Bertz CT molecular complexity index is 1410. The molecule has 5 rings (SSSR count). The summed E-state index contributed by atoms with van der Waals surface area (Å²) in [5.41, 5.74) is 3.18. The normalized spacial score (nSPS) is 11.9. The Morgan fingerprint density at radius 1 is 0.966 bits per heavy atom. The number of thiophene rings is 1. The highest BCUT2D eigenvalue weighted by molar-refractivity contribution is 7.90. The Morgan fingerprint density at radius 3 is 2.48 bits per heavy atom. The van der Waals surface area contributed by atoms with Crippen LogP contribution in [-0.2, 0) is 17.1 Å². The van der Waals surface area contributed by atoms with Crippen molar-refractivity contribution < 1.29 is 8.42 Å². The van der Waals surface area contributed by atoms with E-state index >= 15 is 0 Å². The predicted molar refractivity (Wildman–Crippen MR) is 116 cm³/mol. The van der Waals surface area contributed by atoms with E-state index in [4.69, 9.17) is 0 Å². The van der Waals surface area contributed by atoms with Crippen molar-refractivity contribution >= 4 is 32.4 Å². The number of benzene rings is 1. The lowest BCUT2D eigenvalue weighted by Gasteiger charge is -2.07. The van der Waals surface area contributed by atoms with Gasteiger partial charge in [-0.15, -0.1) is 11.3 Å². The minimum Gasteiger partial charge on any atom is -0.357 e. The topological polar surface area (TPSA) is 56.9 Å². The van der Waals surface area contributed by atoms with Crippen LogP contribution in [0, 0.1) is 0 Å². The van der Waals surface area contributed by atoms with Crippen LogP contribution in [0.25, 0.3) is 32.6 Å². The molecule has 0 amide bonds. The molecule has 0 unspecified atom stereocenters. The molecule has 0 saturated heterocycles. The molecule has 29 heavy (non-hydrogen) atoms. The quantitative estimate of drug-likeness (QED) is 0.412. The first-order valence-electron chi connectivity index (χ1n) is 9.02. The predicted octanol–water partition coefficient (Wildman–Crippen LogP) is 5.01. The zero-order chi connectivity index (χ0) is 20.0. The van der Waals surface area contributed by atoms with Gasteiger partial charge in [-0.25, -0.2) is 17.4 Å². The first kappa shape index (κ1) is 17.9. The number of hydrogen-bond donors (Lipinski definition) is 0. The van der Waals surface area contributed by atoms with Crippen molar-refractivity contribution in [1.29, 1.82) is 0 Å². The van der Waals surface area contributed by atoms with Gasteiger partial charge in [0.05, 0.1) is 4.90 Å². The van der Waals surface area contributed by atoms with Crippen molar-refractivity contribution in [1.82, 2.24) is 13.5 Å². The molecule has 0 N–H and O–H groups in total. The number of aromatic nitrogens is 3. The Labute approximate surface area is 172 Å². The molecule has 4 heterocycles. The van der Waals surface area contributed by atoms with Gasteiger partial charge in [0, 0.05) is 58.8 Å². The van der Waals surface area contributed by atoms with Gasteiger partial charge in [-0.1, -0.05) is 24.3 Å². The third-order valence-electron chi connectivity index (χ3n) is 4.86. The van der Waals surface area contributed by atoms with E-state index in [-0.39, 0.29) is 4.90 Å². The van der Waals surface area contributed by atoms with E-state index in [0.29, 0.717) is 5.65 Å². The van der Waals surface area contributed by atoms with Gasteiger partial charge in [-0.3, -0.25) is 0 Å². The first-order valence-corrected chi connectivity index (χ1v) is 11.3. The molecule has 0 aliphatic rings. The highest BCUT2D eigenvalue weighted by Crippen LogP contribution is 2.35. The highest BCUT2D eigenvalue weighted by Gasteiger charge is 2.23. The summed E-state index contributed by atoms with van der Waals surface area (Å²) in [7, 11) is -1.82. The standard InChI is InChI=1S/C22H17N3O2S2/c1-24-10-9-16(14-24)20-15-25(29(26,27)18-6-3-2-4-7-18)22-19(20)12-17(13-23-22)21-8-5-11-28-21/h2-15H,1H3. The fourth-order valence-corrected chi connectivity index (χ4v) is 5.49. The summed E-state index contributed by atoms with van der Waals surface area (Å²) in [6.07, 6.45) is 7.33. The average Bonchev–Trinajstić information content (AvgIpc) is 3.47. The van der Waals surface area contributed by atoms with E-state index in [1.54, 1.807) is 54.1 Å². The van der Waals surface area contributed by atoms with Crippen LogP contribution in [0.15, 0.2) is 89.7 Å².